The summed E-state index contributed by atoms with van der Waals surface area (Å²) in [6.07, 6.45) is -9.25. The molecule has 1 aromatic carbocycles. The summed E-state index contributed by atoms with van der Waals surface area (Å²) in [7, 11) is 0. The van der Waals surface area contributed by atoms with Crippen LogP contribution < -0.4 is 11.1 Å². The maximum absolute atomic E-state index is 13.1. The number of nitrogens with one attached hydrogen (secondary N) is 1. The van der Waals surface area contributed by atoms with Crippen molar-refractivity contribution < 1.29 is 31.1 Å². The Morgan fingerprint density at radius 3 is 2.25 bits per heavy atom. The van der Waals surface area contributed by atoms with E-state index in [-0.39, 0.29) is 11.8 Å². The van der Waals surface area contributed by atoms with Gasteiger partial charge >= 0.3 is 12.4 Å². The van der Waals surface area contributed by atoms with Crippen molar-refractivity contribution in [2.45, 2.75) is 12.4 Å². The highest BCUT2D eigenvalue weighted by Gasteiger charge is 2.39. The molecule has 0 aliphatic carbocycles. The number of nitrogens with zero attached hydrogens (tertiary/aromatic N) is 2. The fraction of sp³-hybridized carbons (Fsp3) is 0.154. The first-order chi connectivity index (χ1) is 10.9. The van der Waals surface area contributed by atoms with Gasteiger partial charge in [-0.1, -0.05) is 6.58 Å². The van der Waals surface area contributed by atoms with Gasteiger partial charge in [0.05, 0.1) is 28.7 Å². The van der Waals surface area contributed by atoms with Crippen molar-refractivity contribution in [3.63, 3.8) is 0 Å². The molecule has 0 aliphatic rings. The molecule has 0 unspecified atom stereocenters. The summed E-state index contributed by atoms with van der Waals surface area (Å²) in [4.78, 5) is 11.0. The minimum atomic E-state index is -5.09. The minimum Gasteiger partial charge on any atom is -0.364 e. The number of primary amides is 1. The van der Waals surface area contributed by atoms with Crippen molar-refractivity contribution in [3.05, 3.63) is 41.7 Å². The third kappa shape index (κ3) is 3.39. The average Bonchev–Trinajstić information content (AvgIpc) is 2.44. The van der Waals surface area contributed by atoms with Crippen molar-refractivity contribution in [3.8, 4) is 0 Å². The smallest absolute Gasteiger partial charge is 0.364 e. The molecule has 1 heterocycles. The predicted octanol–water partition coefficient (Wildman–Crippen LogP) is 3.08. The second kappa shape index (κ2) is 5.65. The summed E-state index contributed by atoms with van der Waals surface area (Å²) in [5, 5.41) is 8.27. The van der Waals surface area contributed by atoms with Gasteiger partial charge in [0.15, 0.2) is 0 Å². The molecule has 5 nitrogen and oxygen atoms in total. The van der Waals surface area contributed by atoms with E-state index in [0.29, 0.717) is 6.07 Å². The van der Waals surface area contributed by atoms with Crippen LogP contribution >= 0.6 is 0 Å². The van der Waals surface area contributed by atoms with Gasteiger partial charge in [-0.25, -0.2) is 0 Å². The Labute approximate surface area is 130 Å². The van der Waals surface area contributed by atoms with Crippen LogP contribution in [-0.4, -0.2) is 16.1 Å². The van der Waals surface area contributed by atoms with Crippen LogP contribution in [0.25, 0.3) is 10.9 Å². The highest BCUT2D eigenvalue weighted by Crippen LogP contribution is 2.40. The molecule has 2 aromatic rings. The summed E-state index contributed by atoms with van der Waals surface area (Å²) in [6, 6.07) is 0.416. The first-order valence-electron chi connectivity index (χ1n) is 6.11. The number of amides is 1. The van der Waals surface area contributed by atoms with Crippen LogP contribution in [0.2, 0.25) is 0 Å². The summed E-state index contributed by atoms with van der Waals surface area (Å²) in [5.74, 6) is -1.04. The first-order valence-corrected chi connectivity index (χ1v) is 6.11. The van der Waals surface area contributed by atoms with Gasteiger partial charge in [0.1, 0.15) is 5.52 Å². The number of fused-ring (bicyclic) bond motifs is 1. The summed E-state index contributed by atoms with van der Waals surface area (Å²) >= 11 is 0. The number of alkyl halides is 6. The Bertz CT molecular complexity index is 828. The Balaban J connectivity index is 2.79. The minimum absolute atomic E-state index is 0.0519. The third-order valence-corrected chi connectivity index (χ3v) is 2.96. The molecule has 2 rings (SSSR count). The molecule has 0 fully saturated rings. The summed E-state index contributed by atoms with van der Waals surface area (Å²) in [6.45, 7) is 3.22. The number of nitrogens with two attached hydrogens (primary N) is 1. The normalized spacial score (nSPS) is 12.2. The molecule has 0 spiro atoms. The highest BCUT2D eigenvalue weighted by atomic mass is 19.4. The predicted molar refractivity (Wildman–Crippen MR) is 71.5 cm³/mol. The summed E-state index contributed by atoms with van der Waals surface area (Å²) in [5.41, 5.74) is 0.239. The van der Waals surface area contributed by atoms with E-state index in [4.69, 9.17) is 5.73 Å². The van der Waals surface area contributed by atoms with Gasteiger partial charge in [0.2, 0.25) is 0 Å². The van der Waals surface area contributed by atoms with E-state index >= 15 is 0 Å². The van der Waals surface area contributed by atoms with Gasteiger partial charge in [0.25, 0.3) is 5.91 Å². The van der Waals surface area contributed by atoms with Crippen molar-refractivity contribution in [2.75, 3.05) is 5.32 Å². The zero-order valence-corrected chi connectivity index (χ0v) is 11.6. The zero-order valence-electron chi connectivity index (χ0n) is 11.6. The zero-order chi connectivity index (χ0) is 18.3. The molecule has 3 N–H and O–H groups in total. The van der Waals surface area contributed by atoms with Gasteiger partial charge in [-0.05, 0) is 12.1 Å². The number of benzene rings is 1. The quantitative estimate of drug-likeness (QED) is 0.659. The topological polar surface area (TPSA) is 80.9 Å². The van der Waals surface area contributed by atoms with E-state index in [1.807, 2.05) is 0 Å². The molecule has 1 aromatic heterocycles. The van der Waals surface area contributed by atoms with Crippen molar-refractivity contribution in [2.24, 2.45) is 5.73 Å². The number of carbonyl (C=O) groups is 1. The van der Waals surface area contributed by atoms with E-state index in [1.165, 1.54) is 0 Å². The van der Waals surface area contributed by atoms with Gasteiger partial charge in [0, 0.05) is 5.39 Å². The lowest BCUT2D eigenvalue weighted by molar-refractivity contribution is -0.142. The largest absolute Gasteiger partial charge is 0.418 e. The fourth-order valence-electron chi connectivity index (χ4n) is 1.86. The van der Waals surface area contributed by atoms with Crippen LogP contribution in [0, 0.1) is 0 Å². The van der Waals surface area contributed by atoms with Crippen molar-refractivity contribution >= 4 is 22.5 Å². The number of anilines is 1. The lowest BCUT2D eigenvalue weighted by atomic mass is 10.0. The molecule has 0 aliphatic heterocycles. The fourth-order valence-corrected chi connectivity index (χ4v) is 1.86. The van der Waals surface area contributed by atoms with Crippen molar-refractivity contribution in [1.82, 2.24) is 10.2 Å². The molecule has 128 valence electrons. The molecule has 11 heteroatoms. The lowest BCUT2D eigenvalue weighted by Crippen LogP contribution is -2.19. The molecule has 0 bridgehead atoms. The van der Waals surface area contributed by atoms with Crippen LogP contribution in [0.4, 0.5) is 32.0 Å². The first kappa shape index (κ1) is 17.5. The Hall–Kier alpha value is -2.85. The van der Waals surface area contributed by atoms with E-state index in [1.54, 1.807) is 0 Å². The number of halogens is 6. The molecule has 0 radical (unpaired) electrons. The highest BCUT2D eigenvalue weighted by molar-refractivity contribution is 5.99. The average molecular weight is 350 g/mol. The Morgan fingerprint density at radius 2 is 1.75 bits per heavy atom. The second-order valence-electron chi connectivity index (χ2n) is 4.64. The maximum Gasteiger partial charge on any atom is 0.418 e. The van der Waals surface area contributed by atoms with E-state index in [9.17, 15) is 31.1 Å². The standard InChI is InChI=1S/C13H8F6N4O/c1-5(11(20)24)22-9-4-21-23-10-7(9)2-6(12(14,15)16)3-8(10)13(17,18)19/h2-4H,1H2,(H2,20,24)(H,22,23). The van der Waals surface area contributed by atoms with Crippen molar-refractivity contribution in [1.29, 1.82) is 0 Å². The van der Waals surface area contributed by atoms with Crippen LogP contribution in [0.3, 0.4) is 0 Å². The third-order valence-electron chi connectivity index (χ3n) is 2.96. The van der Waals surface area contributed by atoms with E-state index in [0.717, 1.165) is 6.20 Å². The Kier molecular flexibility index (Phi) is 4.12. The number of hydrogen-bond acceptors (Lipinski definition) is 4. The van der Waals surface area contributed by atoms with Crippen LogP contribution in [0.5, 0.6) is 0 Å². The SMILES string of the molecule is C=C(Nc1cnnc2c(C(F)(F)F)cc(C(F)(F)F)cc12)C(N)=O. The van der Waals surface area contributed by atoms with Gasteiger partial charge in [-0.2, -0.15) is 31.4 Å². The number of rotatable bonds is 3. The summed E-state index contributed by atoms with van der Waals surface area (Å²) < 4.78 is 77.9. The second-order valence-corrected chi connectivity index (χ2v) is 4.64. The monoisotopic (exact) mass is 350 g/mol. The molecule has 0 saturated heterocycles. The lowest BCUT2D eigenvalue weighted by Gasteiger charge is -2.16. The Morgan fingerprint density at radius 1 is 1.12 bits per heavy atom. The van der Waals surface area contributed by atoms with Gasteiger partial charge in [-0.15, -0.1) is 5.10 Å². The van der Waals surface area contributed by atoms with Crippen LogP contribution in [-0.2, 0) is 17.1 Å². The molecule has 24 heavy (non-hydrogen) atoms. The van der Waals surface area contributed by atoms with E-state index in [2.05, 4.69) is 22.1 Å². The molecule has 1 amide bonds. The van der Waals surface area contributed by atoms with E-state index < -0.39 is 46.0 Å². The number of aromatic nitrogens is 2. The molecular formula is C13H8F6N4O. The number of hydrogen-bond donors (Lipinski definition) is 2. The number of carbonyl (C=O) groups excluding carboxylic acids is 1. The van der Waals surface area contributed by atoms with Crippen LogP contribution in [0.1, 0.15) is 11.1 Å². The molecule has 0 saturated carbocycles. The molecular weight excluding hydrogens is 342 g/mol. The van der Waals surface area contributed by atoms with Crippen LogP contribution in [0.15, 0.2) is 30.6 Å². The maximum atomic E-state index is 13.1. The van der Waals surface area contributed by atoms with Gasteiger partial charge < -0.3 is 11.1 Å². The van der Waals surface area contributed by atoms with Gasteiger partial charge in [-0.3, -0.25) is 4.79 Å². The molecule has 0 atom stereocenters.